The molecule has 1 aromatic heterocycles. The molecule has 2 unspecified atom stereocenters. The molecule has 0 radical (unpaired) electrons. The van der Waals surface area contributed by atoms with Crippen molar-refractivity contribution in [1.29, 1.82) is 0 Å². The average molecular weight is 275 g/mol. The van der Waals surface area contributed by atoms with Crippen molar-refractivity contribution in [3.63, 3.8) is 0 Å². The van der Waals surface area contributed by atoms with Crippen LogP contribution in [0.3, 0.4) is 0 Å². The van der Waals surface area contributed by atoms with Crippen LogP contribution in [0.1, 0.15) is 46.6 Å². The molecule has 0 aliphatic carbocycles. The van der Waals surface area contributed by atoms with Gasteiger partial charge in [-0.2, -0.15) is 0 Å². The summed E-state index contributed by atoms with van der Waals surface area (Å²) in [7, 11) is 0. The average Bonchev–Trinajstić information content (AvgIpc) is 2.76. The van der Waals surface area contributed by atoms with Gasteiger partial charge in [-0.3, -0.25) is 0 Å². The van der Waals surface area contributed by atoms with Gasteiger partial charge >= 0.3 is 0 Å². The molecule has 20 heavy (non-hydrogen) atoms. The lowest BCUT2D eigenvalue weighted by molar-refractivity contribution is 0.343. The van der Waals surface area contributed by atoms with Gasteiger partial charge in [-0.1, -0.05) is 26.3 Å². The Morgan fingerprint density at radius 3 is 2.70 bits per heavy atom. The zero-order chi connectivity index (χ0) is 14.7. The zero-order valence-electron chi connectivity index (χ0n) is 12.9. The molecule has 2 N–H and O–H groups in total. The van der Waals surface area contributed by atoms with Crippen molar-refractivity contribution in [2.24, 2.45) is 5.92 Å². The first-order valence-corrected chi connectivity index (χ1v) is 7.47. The second-order valence-electron chi connectivity index (χ2n) is 5.50. The molecular formula is C16H25N3O. The summed E-state index contributed by atoms with van der Waals surface area (Å²) in [5, 5.41) is 0. The molecule has 0 spiro atoms. The van der Waals surface area contributed by atoms with Crippen LogP contribution < -0.4 is 10.5 Å². The quantitative estimate of drug-likeness (QED) is 0.866. The Kier molecular flexibility index (Phi) is 4.53. The normalized spacial score (nSPS) is 14.4. The number of hydrogen-bond donors (Lipinski definition) is 1. The summed E-state index contributed by atoms with van der Waals surface area (Å²) in [5.41, 5.74) is 8.06. The highest BCUT2D eigenvalue weighted by molar-refractivity contribution is 5.84. The lowest BCUT2D eigenvalue weighted by Gasteiger charge is -2.19. The van der Waals surface area contributed by atoms with E-state index in [9.17, 15) is 0 Å². The van der Waals surface area contributed by atoms with Gasteiger partial charge in [0.05, 0.1) is 12.1 Å². The number of hydrogen-bond acceptors (Lipinski definition) is 3. The van der Waals surface area contributed by atoms with Crippen LogP contribution in [-0.4, -0.2) is 16.2 Å². The number of nitrogens with zero attached hydrogens (tertiary/aromatic N) is 2. The minimum atomic E-state index is 0.340. The van der Waals surface area contributed by atoms with Gasteiger partial charge in [0, 0.05) is 6.04 Å². The third kappa shape index (κ3) is 2.74. The summed E-state index contributed by atoms with van der Waals surface area (Å²) >= 11 is 0. The minimum absolute atomic E-state index is 0.340. The van der Waals surface area contributed by atoms with Gasteiger partial charge in [0.15, 0.2) is 0 Å². The first-order chi connectivity index (χ1) is 9.58. The number of para-hydroxylation sites is 1. The fourth-order valence-electron chi connectivity index (χ4n) is 2.70. The van der Waals surface area contributed by atoms with Gasteiger partial charge in [0.25, 0.3) is 0 Å². The number of nitrogen functional groups attached to an aromatic ring is 1. The number of nitrogens with two attached hydrogens (primary N) is 1. The summed E-state index contributed by atoms with van der Waals surface area (Å²) in [6.45, 7) is 9.31. The third-order valence-corrected chi connectivity index (χ3v) is 3.89. The monoisotopic (exact) mass is 275 g/mol. The van der Waals surface area contributed by atoms with E-state index in [1.54, 1.807) is 0 Å². The van der Waals surface area contributed by atoms with Crippen LogP contribution in [0.5, 0.6) is 5.75 Å². The van der Waals surface area contributed by atoms with E-state index in [0.29, 0.717) is 24.5 Å². The number of aromatic nitrogens is 2. The summed E-state index contributed by atoms with van der Waals surface area (Å²) in [6, 6.07) is 6.35. The van der Waals surface area contributed by atoms with Crippen LogP contribution in [0.2, 0.25) is 0 Å². The van der Waals surface area contributed by atoms with Crippen molar-refractivity contribution in [3.8, 4) is 5.75 Å². The van der Waals surface area contributed by atoms with Crippen molar-refractivity contribution < 1.29 is 4.74 Å². The first-order valence-electron chi connectivity index (χ1n) is 7.47. The molecule has 2 atom stereocenters. The number of imidazole rings is 1. The maximum Gasteiger partial charge on any atom is 0.201 e. The lowest BCUT2D eigenvalue weighted by atomic mass is 10.00. The number of rotatable bonds is 6. The van der Waals surface area contributed by atoms with Gasteiger partial charge in [-0.05, 0) is 38.3 Å². The molecule has 4 heteroatoms. The van der Waals surface area contributed by atoms with Gasteiger partial charge in [-0.25, -0.2) is 4.98 Å². The van der Waals surface area contributed by atoms with Crippen molar-refractivity contribution in [2.45, 2.75) is 46.6 Å². The highest BCUT2D eigenvalue weighted by atomic mass is 16.5. The molecular weight excluding hydrogens is 250 g/mol. The molecule has 0 saturated carbocycles. The summed E-state index contributed by atoms with van der Waals surface area (Å²) in [6.07, 6.45) is 2.28. The molecule has 4 nitrogen and oxygen atoms in total. The third-order valence-electron chi connectivity index (χ3n) is 3.89. The molecule has 0 aliphatic heterocycles. The molecule has 0 fully saturated rings. The fourth-order valence-corrected chi connectivity index (χ4v) is 2.70. The van der Waals surface area contributed by atoms with Crippen LogP contribution >= 0.6 is 0 Å². The second kappa shape index (κ2) is 6.16. The number of ether oxygens (including phenoxy) is 1. The van der Waals surface area contributed by atoms with Crippen molar-refractivity contribution in [3.05, 3.63) is 18.2 Å². The molecule has 1 heterocycles. The fraction of sp³-hybridized carbons (Fsp3) is 0.562. The molecule has 2 rings (SSSR count). The van der Waals surface area contributed by atoms with E-state index in [4.69, 9.17) is 10.5 Å². The Morgan fingerprint density at radius 2 is 2.05 bits per heavy atom. The highest BCUT2D eigenvalue weighted by Gasteiger charge is 2.17. The molecule has 0 bridgehead atoms. The zero-order valence-corrected chi connectivity index (χ0v) is 12.9. The standard InChI is InChI=1S/C16H25N3O/c1-5-11(3)10-12(4)19-13-8-7-9-14(20-6-2)15(13)18-16(19)17/h7-9,11-12H,5-6,10H2,1-4H3,(H2,17,18). The Labute approximate surface area is 120 Å². The van der Waals surface area contributed by atoms with E-state index in [-0.39, 0.29) is 0 Å². The predicted molar refractivity (Wildman–Crippen MR) is 84.1 cm³/mol. The second-order valence-corrected chi connectivity index (χ2v) is 5.50. The summed E-state index contributed by atoms with van der Waals surface area (Å²) in [5.74, 6) is 2.06. The lowest BCUT2D eigenvalue weighted by Crippen LogP contribution is -2.11. The smallest absolute Gasteiger partial charge is 0.201 e. The molecule has 1 aromatic carbocycles. The van der Waals surface area contributed by atoms with Crippen LogP contribution in [-0.2, 0) is 0 Å². The molecule has 2 aromatic rings. The SMILES string of the molecule is CCOc1cccc2c1nc(N)n2C(C)CC(C)CC. The number of anilines is 1. The van der Waals surface area contributed by atoms with E-state index in [1.807, 2.05) is 19.1 Å². The Balaban J connectivity index is 2.43. The first kappa shape index (κ1) is 14.7. The van der Waals surface area contributed by atoms with Gasteiger partial charge in [-0.15, -0.1) is 0 Å². The van der Waals surface area contributed by atoms with E-state index in [0.717, 1.165) is 23.2 Å². The minimum Gasteiger partial charge on any atom is -0.492 e. The van der Waals surface area contributed by atoms with Crippen LogP contribution in [0, 0.1) is 5.92 Å². The number of fused-ring (bicyclic) bond motifs is 1. The maximum absolute atomic E-state index is 6.13. The topological polar surface area (TPSA) is 53.1 Å². The number of benzene rings is 1. The Hall–Kier alpha value is -1.71. The molecule has 0 saturated heterocycles. The van der Waals surface area contributed by atoms with Crippen LogP contribution in [0.4, 0.5) is 5.95 Å². The van der Waals surface area contributed by atoms with Crippen molar-refractivity contribution >= 4 is 17.0 Å². The Bertz CT molecular complexity index is 576. The van der Waals surface area contributed by atoms with Gasteiger partial charge in [0.2, 0.25) is 5.95 Å². The van der Waals surface area contributed by atoms with Crippen LogP contribution in [0.15, 0.2) is 18.2 Å². The largest absolute Gasteiger partial charge is 0.492 e. The van der Waals surface area contributed by atoms with E-state index >= 15 is 0 Å². The van der Waals surface area contributed by atoms with E-state index < -0.39 is 0 Å². The predicted octanol–water partition coefficient (Wildman–Crippen LogP) is 4.01. The van der Waals surface area contributed by atoms with Gasteiger partial charge < -0.3 is 15.0 Å². The molecule has 110 valence electrons. The highest BCUT2D eigenvalue weighted by Crippen LogP contribution is 2.31. The maximum atomic E-state index is 6.13. The summed E-state index contributed by atoms with van der Waals surface area (Å²) < 4.78 is 7.77. The molecule has 0 aliphatic rings. The van der Waals surface area contributed by atoms with E-state index in [1.165, 1.54) is 6.42 Å². The van der Waals surface area contributed by atoms with Crippen molar-refractivity contribution in [2.75, 3.05) is 12.3 Å². The van der Waals surface area contributed by atoms with Crippen molar-refractivity contribution in [1.82, 2.24) is 9.55 Å². The van der Waals surface area contributed by atoms with Gasteiger partial charge in [0.1, 0.15) is 11.3 Å². The Morgan fingerprint density at radius 1 is 1.30 bits per heavy atom. The summed E-state index contributed by atoms with van der Waals surface area (Å²) in [4.78, 5) is 4.50. The van der Waals surface area contributed by atoms with Crippen LogP contribution in [0.25, 0.3) is 11.0 Å². The molecule has 0 amide bonds. The van der Waals surface area contributed by atoms with E-state index in [2.05, 4.69) is 36.4 Å².